The number of aromatic nitrogens is 1. The van der Waals surface area contributed by atoms with Crippen LogP contribution < -0.4 is 4.74 Å². The number of likely N-dealkylation sites (tertiary alicyclic amines) is 1. The molecule has 6 heteroatoms. The Morgan fingerprint density at radius 2 is 1.88 bits per heavy atom. The minimum Gasteiger partial charge on any atom is -0.485 e. The number of carboxylic acid groups (broad SMARTS) is 1. The Hall–Kier alpha value is -3.25. The van der Waals surface area contributed by atoms with E-state index in [1.54, 1.807) is 0 Å². The summed E-state index contributed by atoms with van der Waals surface area (Å²) in [6.45, 7) is 6.65. The van der Waals surface area contributed by atoms with Gasteiger partial charge in [0, 0.05) is 17.8 Å². The molecule has 0 bridgehead atoms. The van der Waals surface area contributed by atoms with Crippen molar-refractivity contribution in [1.82, 2.24) is 9.88 Å². The van der Waals surface area contributed by atoms with Crippen LogP contribution in [0.2, 0.25) is 0 Å². The van der Waals surface area contributed by atoms with E-state index >= 15 is 0 Å². The number of aryl methyl sites for hydroxylation is 2. The maximum atomic E-state index is 14.9. The van der Waals surface area contributed by atoms with Crippen molar-refractivity contribution in [2.75, 3.05) is 13.1 Å². The maximum absolute atomic E-state index is 14.9. The SMILES string of the molecule is Cc1cc(-c2ccc([C@@H]3CCc4ccc([C@H](C5CCC5)[C@H](C)C(=O)O)cc4O3)cc2CN2CCCC2)c(F)cn1. The fourth-order valence-electron chi connectivity index (χ4n) is 6.89. The largest absolute Gasteiger partial charge is 0.485 e. The van der Waals surface area contributed by atoms with E-state index in [0.717, 1.165) is 79.0 Å². The lowest BCUT2D eigenvalue weighted by Crippen LogP contribution is -2.30. The molecule has 1 aromatic heterocycles. The van der Waals surface area contributed by atoms with Crippen molar-refractivity contribution < 1.29 is 19.0 Å². The molecule has 3 aliphatic rings. The zero-order chi connectivity index (χ0) is 27.8. The van der Waals surface area contributed by atoms with Crippen LogP contribution in [0.4, 0.5) is 4.39 Å². The second kappa shape index (κ2) is 11.3. The second-order valence-electron chi connectivity index (χ2n) is 12.1. The number of halogens is 1. The van der Waals surface area contributed by atoms with Crippen molar-refractivity contribution in [1.29, 1.82) is 0 Å². The lowest BCUT2D eigenvalue weighted by atomic mass is 9.68. The summed E-state index contributed by atoms with van der Waals surface area (Å²) < 4.78 is 21.6. The third-order valence-electron chi connectivity index (χ3n) is 9.38. The summed E-state index contributed by atoms with van der Waals surface area (Å²) in [5, 5.41) is 9.81. The van der Waals surface area contributed by atoms with Crippen LogP contribution in [-0.2, 0) is 17.8 Å². The lowest BCUT2D eigenvalue weighted by molar-refractivity contribution is -0.142. The molecule has 0 spiro atoms. The van der Waals surface area contributed by atoms with Crippen LogP contribution in [0.15, 0.2) is 48.7 Å². The predicted molar refractivity (Wildman–Crippen MR) is 154 cm³/mol. The standard InChI is InChI=1S/C34H39FN2O3/c1-21-16-29(30(35)19-36-21)28-12-10-25(17-27(28)20-37-14-3-4-15-37)31-13-11-23-8-9-26(18-32(23)40-31)33(22(2)34(38)39)24-6-5-7-24/h8-10,12,16-19,22,24,31,33H,3-7,11,13-15,20H2,1-2H3,(H,38,39)/t22-,31-,33-/m0/s1. The molecule has 0 unspecified atom stereocenters. The third-order valence-corrected chi connectivity index (χ3v) is 9.38. The van der Waals surface area contributed by atoms with E-state index in [1.165, 1.54) is 31.0 Å². The molecule has 1 N–H and O–H groups in total. The van der Waals surface area contributed by atoms with Crippen LogP contribution in [0.1, 0.15) is 85.4 Å². The van der Waals surface area contributed by atoms with E-state index < -0.39 is 11.9 Å². The van der Waals surface area contributed by atoms with Crippen molar-refractivity contribution in [3.63, 3.8) is 0 Å². The number of rotatable bonds is 8. The molecule has 3 heterocycles. The topological polar surface area (TPSA) is 62.7 Å². The summed E-state index contributed by atoms with van der Waals surface area (Å²) in [5.74, 6) is -0.169. The number of aliphatic carboxylic acids is 1. The highest BCUT2D eigenvalue weighted by atomic mass is 19.1. The van der Waals surface area contributed by atoms with E-state index in [-0.39, 0.29) is 17.8 Å². The quantitative estimate of drug-likeness (QED) is 0.320. The predicted octanol–water partition coefficient (Wildman–Crippen LogP) is 7.46. The molecule has 1 saturated carbocycles. The Kier molecular flexibility index (Phi) is 7.63. The fraction of sp³-hybridized carbons (Fsp3) is 0.471. The number of carbonyl (C=O) groups is 1. The number of benzene rings is 2. The Labute approximate surface area is 236 Å². The summed E-state index contributed by atoms with van der Waals surface area (Å²) in [7, 11) is 0. The van der Waals surface area contributed by atoms with Crippen molar-refractivity contribution >= 4 is 5.97 Å². The van der Waals surface area contributed by atoms with Gasteiger partial charge in [-0.15, -0.1) is 0 Å². The van der Waals surface area contributed by atoms with E-state index in [0.29, 0.717) is 11.5 Å². The van der Waals surface area contributed by atoms with Gasteiger partial charge in [-0.1, -0.05) is 43.7 Å². The van der Waals surface area contributed by atoms with Crippen LogP contribution in [0.3, 0.4) is 0 Å². The van der Waals surface area contributed by atoms with Crippen LogP contribution in [0, 0.1) is 24.6 Å². The lowest BCUT2D eigenvalue weighted by Gasteiger charge is -2.37. The minimum absolute atomic E-state index is 0.00518. The normalized spacial score (nSPS) is 20.8. The molecule has 2 aromatic carbocycles. The van der Waals surface area contributed by atoms with Gasteiger partial charge < -0.3 is 9.84 Å². The van der Waals surface area contributed by atoms with Crippen molar-refractivity contribution in [2.24, 2.45) is 11.8 Å². The molecule has 1 saturated heterocycles. The highest BCUT2D eigenvalue weighted by Gasteiger charge is 2.36. The van der Waals surface area contributed by atoms with Gasteiger partial charge in [-0.2, -0.15) is 0 Å². The zero-order valence-electron chi connectivity index (χ0n) is 23.5. The first-order valence-electron chi connectivity index (χ1n) is 14.9. The molecule has 6 rings (SSSR count). The van der Waals surface area contributed by atoms with Gasteiger partial charge in [0.25, 0.3) is 0 Å². The molecule has 3 atom stereocenters. The molecule has 210 valence electrons. The molecule has 0 radical (unpaired) electrons. The third kappa shape index (κ3) is 5.38. The molecular formula is C34H39FN2O3. The number of hydrogen-bond acceptors (Lipinski definition) is 4. The van der Waals surface area contributed by atoms with Gasteiger partial charge in [0.15, 0.2) is 0 Å². The average Bonchev–Trinajstić information content (AvgIpc) is 3.44. The number of ether oxygens (including phenoxy) is 1. The summed E-state index contributed by atoms with van der Waals surface area (Å²) in [6.07, 6.45) is 8.75. The van der Waals surface area contributed by atoms with E-state index in [2.05, 4.69) is 46.3 Å². The number of nitrogens with zero attached hydrogens (tertiary/aromatic N) is 2. The van der Waals surface area contributed by atoms with Crippen LogP contribution >= 0.6 is 0 Å². The highest BCUT2D eigenvalue weighted by molar-refractivity contribution is 5.71. The van der Waals surface area contributed by atoms with Crippen molar-refractivity contribution in [3.05, 3.63) is 82.4 Å². The van der Waals surface area contributed by atoms with E-state index in [4.69, 9.17) is 4.74 Å². The van der Waals surface area contributed by atoms with Gasteiger partial charge in [-0.3, -0.25) is 14.7 Å². The van der Waals surface area contributed by atoms with Crippen molar-refractivity contribution in [3.8, 4) is 16.9 Å². The fourth-order valence-corrected chi connectivity index (χ4v) is 6.89. The molecule has 0 amide bonds. The summed E-state index contributed by atoms with van der Waals surface area (Å²) >= 11 is 0. The van der Waals surface area contributed by atoms with Crippen LogP contribution in [0.25, 0.3) is 11.1 Å². The van der Waals surface area contributed by atoms with Crippen LogP contribution in [0.5, 0.6) is 5.75 Å². The molecule has 2 fully saturated rings. The number of pyridine rings is 1. The number of carboxylic acids is 1. The van der Waals surface area contributed by atoms with E-state index in [9.17, 15) is 14.3 Å². The maximum Gasteiger partial charge on any atom is 0.306 e. The molecule has 40 heavy (non-hydrogen) atoms. The Morgan fingerprint density at radius 1 is 1.07 bits per heavy atom. The highest BCUT2D eigenvalue weighted by Crippen LogP contribution is 2.46. The molecule has 1 aliphatic carbocycles. The van der Waals surface area contributed by atoms with Crippen molar-refractivity contribution in [2.45, 2.75) is 77.4 Å². The molecular weight excluding hydrogens is 503 g/mol. The minimum atomic E-state index is -0.736. The van der Waals surface area contributed by atoms with Gasteiger partial charge in [0.05, 0.1) is 12.1 Å². The monoisotopic (exact) mass is 542 g/mol. The van der Waals surface area contributed by atoms with Gasteiger partial charge in [-0.05, 0) is 110 Å². The van der Waals surface area contributed by atoms with Crippen LogP contribution in [-0.4, -0.2) is 34.0 Å². The smallest absolute Gasteiger partial charge is 0.306 e. The number of fused-ring (bicyclic) bond motifs is 1. The van der Waals surface area contributed by atoms with E-state index in [1.807, 2.05) is 19.9 Å². The molecule has 5 nitrogen and oxygen atoms in total. The Balaban J connectivity index is 1.31. The Morgan fingerprint density at radius 3 is 2.60 bits per heavy atom. The first-order chi connectivity index (χ1) is 19.4. The number of hydrogen-bond donors (Lipinski definition) is 1. The first-order valence-corrected chi connectivity index (χ1v) is 14.9. The van der Waals surface area contributed by atoms with Gasteiger partial charge in [0.2, 0.25) is 0 Å². The van der Waals surface area contributed by atoms with Gasteiger partial charge in [0.1, 0.15) is 17.7 Å². The molecule has 3 aromatic rings. The van der Waals surface area contributed by atoms with Gasteiger partial charge in [-0.25, -0.2) is 4.39 Å². The summed E-state index contributed by atoms with van der Waals surface area (Å²) in [4.78, 5) is 18.5. The molecule has 2 aliphatic heterocycles. The Bertz CT molecular complexity index is 1400. The average molecular weight is 543 g/mol. The van der Waals surface area contributed by atoms with Gasteiger partial charge >= 0.3 is 5.97 Å². The zero-order valence-corrected chi connectivity index (χ0v) is 23.5. The summed E-state index contributed by atoms with van der Waals surface area (Å²) in [5.41, 5.74) is 6.80. The first kappa shape index (κ1) is 26.9. The summed E-state index contributed by atoms with van der Waals surface area (Å²) in [6, 6.07) is 14.6. The second-order valence-corrected chi connectivity index (χ2v) is 12.1.